The number of carbonyl (C=O) groups is 1. The van der Waals surface area contributed by atoms with Crippen LogP contribution in [0.1, 0.15) is 48.9 Å². The molecule has 4 atom stereocenters. The Hall–Kier alpha value is -1.69. The number of carbonyl (C=O) groups excluding carboxylic acids is 1. The zero-order valence-electron chi connectivity index (χ0n) is 17.9. The van der Waals surface area contributed by atoms with Gasteiger partial charge in [0.2, 0.25) is 0 Å². The summed E-state index contributed by atoms with van der Waals surface area (Å²) in [5, 5.41) is 11.4. The third-order valence-electron chi connectivity index (χ3n) is 7.15. The average molecular weight is 398 g/mol. The largest absolute Gasteiger partial charge is 0.511 e. The van der Waals surface area contributed by atoms with Gasteiger partial charge in [0, 0.05) is 5.41 Å². The molecule has 0 spiro atoms. The number of ether oxygens (including phenoxy) is 3. The Balaban J connectivity index is 1.58. The minimum absolute atomic E-state index is 0.00488. The van der Waals surface area contributed by atoms with Crippen LogP contribution in [0.2, 0.25) is 0 Å². The predicted molar refractivity (Wildman–Crippen MR) is 108 cm³/mol. The highest BCUT2D eigenvalue weighted by atomic mass is 16.7. The van der Waals surface area contributed by atoms with Gasteiger partial charge in [-0.15, -0.1) is 0 Å². The maximum atomic E-state index is 13.5. The zero-order valence-corrected chi connectivity index (χ0v) is 17.9. The Kier molecular flexibility index (Phi) is 4.10. The lowest BCUT2D eigenvalue weighted by atomic mass is 9.72. The number of rotatable bonds is 2. The highest BCUT2D eigenvalue weighted by Crippen LogP contribution is 2.61. The lowest BCUT2D eigenvalue weighted by molar-refractivity contribution is -0.292. The Labute approximate surface area is 172 Å². The number of aliphatic hydroxyl groups is 1. The van der Waals surface area contributed by atoms with E-state index in [-0.39, 0.29) is 29.0 Å². The van der Waals surface area contributed by atoms with Crippen LogP contribution in [0.25, 0.3) is 5.57 Å². The molecule has 5 nitrogen and oxygen atoms in total. The van der Waals surface area contributed by atoms with Crippen molar-refractivity contribution in [2.24, 2.45) is 17.3 Å². The van der Waals surface area contributed by atoms with Crippen molar-refractivity contribution in [3.05, 3.63) is 40.1 Å². The molecule has 3 saturated heterocycles. The molecule has 1 aliphatic carbocycles. The van der Waals surface area contributed by atoms with Crippen molar-refractivity contribution in [3.63, 3.8) is 0 Å². The summed E-state index contributed by atoms with van der Waals surface area (Å²) in [5.41, 5.74) is 3.71. The van der Waals surface area contributed by atoms with Crippen molar-refractivity contribution in [2.75, 3.05) is 13.2 Å². The molecule has 3 heterocycles. The summed E-state index contributed by atoms with van der Waals surface area (Å²) in [7, 11) is 0. The van der Waals surface area contributed by atoms with E-state index >= 15 is 0 Å². The van der Waals surface area contributed by atoms with Gasteiger partial charge in [-0.3, -0.25) is 4.79 Å². The zero-order chi connectivity index (χ0) is 20.7. The van der Waals surface area contributed by atoms with Gasteiger partial charge in [0.15, 0.2) is 12.1 Å². The summed E-state index contributed by atoms with van der Waals surface area (Å²) in [6.45, 7) is 11.4. The number of fused-ring (bicyclic) bond motifs is 5. The second kappa shape index (κ2) is 6.16. The van der Waals surface area contributed by atoms with Crippen LogP contribution < -0.4 is 0 Å². The highest BCUT2D eigenvalue weighted by Gasteiger charge is 2.70. The molecule has 3 fully saturated rings. The fourth-order valence-corrected chi connectivity index (χ4v) is 6.06. The van der Waals surface area contributed by atoms with E-state index in [0.717, 1.165) is 35.1 Å². The number of aliphatic hydroxyl groups excluding tert-OH is 1. The van der Waals surface area contributed by atoms with E-state index in [9.17, 15) is 9.90 Å². The second-order valence-electron chi connectivity index (χ2n) is 10.2. The molecule has 0 amide bonds. The first-order valence-corrected chi connectivity index (χ1v) is 10.6. The average Bonchev–Trinajstić information content (AvgIpc) is 3.27. The van der Waals surface area contributed by atoms with E-state index in [0.29, 0.717) is 18.8 Å². The van der Waals surface area contributed by atoms with Crippen molar-refractivity contribution in [1.82, 2.24) is 0 Å². The fourth-order valence-electron chi connectivity index (χ4n) is 6.06. The van der Waals surface area contributed by atoms with Crippen LogP contribution in [-0.4, -0.2) is 42.1 Å². The third kappa shape index (κ3) is 2.60. The summed E-state index contributed by atoms with van der Waals surface area (Å²) < 4.78 is 18.6. The molecule has 0 aromatic heterocycles. The van der Waals surface area contributed by atoms with Crippen molar-refractivity contribution in [3.8, 4) is 0 Å². The van der Waals surface area contributed by atoms with Gasteiger partial charge in [-0.1, -0.05) is 31.5 Å². The van der Waals surface area contributed by atoms with E-state index in [4.69, 9.17) is 14.2 Å². The first-order chi connectivity index (χ1) is 13.6. The van der Waals surface area contributed by atoms with Crippen LogP contribution in [0.15, 0.2) is 17.9 Å². The third-order valence-corrected chi connectivity index (χ3v) is 7.15. The number of hydrogen-bond donors (Lipinski definition) is 1. The van der Waals surface area contributed by atoms with Gasteiger partial charge in [0.05, 0.1) is 36.7 Å². The Morgan fingerprint density at radius 1 is 1.07 bits per heavy atom. The van der Waals surface area contributed by atoms with Crippen molar-refractivity contribution in [1.29, 1.82) is 0 Å². The quantitative estimate of drug-likeness (QED) is 0.815. The first-order valence-electron chi connectivity index (χ1n) is 10.6. The predicted octanol–water partition coefficient (Wildman–Crippen LogP) is 4.03. The molecule has 2 bridgehead atoms. The van der Waals surface area contributed by atoms with Gasteiger partial charge in [-0.25, -0.2) is 0 Å². The Morgan fingerprint density at radius 3 is 2.31 bits per heavy atom. The van der Waals surface area contributed by atoms with Gasteiger partial charge in [0.25, 0.3) is 0 Å². The van der Waals surface area contributed by atoms with Gasteiger partial charge >= 0.3 is 0 Å². The van der Waals surface area contributed by atoms with Gasteiger partial charge in [0.1, 0.15) is 11.4 Å². The topological polar surface area (TPSA) is 65.0 Å². The van der Waals surface area contributed by atoms with Crippen LogP contribution in [0.3, 0.4) is 0 Å². The van der Waals surface area contributed by atoms with E-state index in [2.05, 4.69) is 26.0 Å². The molecule has 3 aliphatic heterocycles. The van der Waals surface area contributed by atoms with Crippen LogP contribution in [0.4, 0.5) is 0 Å². The summed E-state index contributed by atoms with van der Waals surface area (Å²) >= 11 is 0. The maximum absolute atomic E-state index is 13.5. The van der Waals surface area contributed by atoms with Crippen LogP contribution in [0, 0.1) is 38.0 Å². The number of ketones is 1. The fraction of sp³-hybridized carbons (Fsp3) is 0.625. The Bertz CT molecular complexity index is 896. The molecule has 29 heavy (non-hydrogen) atoms. The summed E-state index contributed by atoms with van der Waals surface area (Å²) in [6.07, 6.45) is 0.803. The van der Waals surface area contributed by atoms with Gasteiger partial charge < -0.3 is 19.3 Å². The molecule has 0 radical (unpaired) electrons. The van der Waals surface area contributed by atoms with E-state index in [1.807, 2.05) is 20.8 Å². The van der Waals surface area contributed by atoms with Gasteiger partial charge in [-0.2, -0.15) is 0 Å². The Morgan fingerprint density at radius 2 is 1.69 bits per heavy atom. The molecular weight excluding hydrogens is 368 g/mol. The van der Waals surface area contributed by atoms with Gasteiger partial charge in [-0.05, 0) is 50.3 Å². The van der Waals surface area contributed by atoms with E-state index in [1.165, 1.54) is 0 Å². The normalized spacial score (nSPS) is 36.2. The smallest absolute Gasteiger partial charge is 0.187 e. The molecule has 0 unspecified atom stereocenters. The number of hydrogen-bond acceptors (Lipinski definition) is 5. The number of aryl methyl sites for hydroxylation is 3. The minimum Gasteiger partial charge on any atom is -0.511 e. The van der Waals surface area contributed by atoms with Crippen molar-refractivity contribution < 1.29 is 24.1 Å². The first kappa shape index (κ1) is 19.3. The van der Waals surface area contributed by atoms with Crippen LogP contribution >= 0.6 is 0 Å². The standard InChI is InChI=1S/C24H30O5/c1-12-8-13(2)16(14(3)9-12)18-20(25)17-15-6-7-24(29-15,19(17)21(18)26)22-27-10-23(4,5)11-28-22/h8-9,15,17,19,22,26H,6-7,10-11H2,1-5H3/t15-,17-,19+,24+/m0/s1. The van der Waals surface area contributed by atoms with Crippen molar-refractivity contribution in [2.45, 2.75) is 65.5 Å². The van der Waals surface area contributed by atoms with E-state index in [1.54, 1.807) is 0 Å². The number of allylic oxidation sites excluding steroid dienone is 1. The highest BCUT2D eigenvalue weighted by molar-refractivity contribution is 6.26. The molecule has 5 rings (SSSR count). The minimum atomic E-state index is -0.778. The lowest BCUT2D eigenvalue weighted by Crippen LogP contribution is -2.54. The molecule has 5 heteroatoms. The summed E-state index contributed by atoms with van der Waals surface area (Å²) in [4.78, 5) is 13.5. The molecule has 4 aliphatic rings. The molecule has 156 valence electrons. The monoisotopic (exact) mass is 398 g/mol. The number of Topliss-reactive ketones (excluding diaryl/α,β-unsaturated/α-hetero) is 1. The van der Waals surface area contributed by atoms with Crippen molar-refractivity contribution >= 4 is 11.4 Å². The maximum Gasteiger partial charge on any atom is 0.187 e. The number of benzene rings is 1. The molecule has 1 aromatic rings. The molecular formula is C24H30O5. The van der Waals surface area contributed by atoms with Crippen LogP contribution in [0.5, 0.6) is 0 Å². The molecule has 1 aromatic carbocycles. The molecule has 1 N–H and O–H groups in total. The van der Waals surface area contributed by atoms with Crippen LogP contribution in [-0.2, 0) is 19.0 Å². The summed E-state index contributed by atoms with van der Waals surface area (Å²) in [5.74, 6) is -0.574. The van der Waals surface area contributed by atoms with E-state index < -0.39 is 17.8 Å². The summed E-state index contributed by atoms with van der Waals surface area (Å²) in [6, 6.07) is 4.14. The molecule has 0 saturated carbocycles. The lowest BCUT2D eigenvalue weighted by Gasteiger charge is -2.44. The SMILES string of the molecule is Cc1cc(C)c(C2=C(O)[C@H]3[C@@H](C2=O)[C@@H]2CC[C@@]3(C3OCC(C)(C)CO3)O2)c(C)c1. The second-order valence-corrected chi connectivity index (χ2v) is 10.2.